The van der Waals surface area contributed by atoms with Crippen molar-refractivity contribution in [2.75, 3.05) is 0 Å². The third-order valence-electron chi connectivity index (χ3n) is 3.95. The van der Waals surface area contributed by atoms with Crippen LogP contribution < -0.4 is 5.32 Å². The van der Waals surface area contributed by atoms with Gasteiger partial charge in [0.15, 0.2) is 0 Å². The van der Waals surface area contributed by atoms with Gasteiger partial charge < -0.3 is 5.32 Å². The monoisotopic (exact) mass is 319 g/mol. The van der Waals surface area contributed by atoms with E-state index in [1.165, 1.54) is 5.56 Å². The molecule has 1 aromatic heterocycles. The van der Waals surface area contributed by atoms with Crippen molar-refractivity contribution in [1.29, 1.82) is 0 Å². The zero-order chi connectivity index (χ0) is 16.8. The fourth-order valence-electron chi connectivity index (χ4n) is 2.57. The highest BCUT2D eigenvalue weighted by Crippen LogP contribution is 2.09. The summed E-state index contributed by atoms with van der Waals surface area (Å²) in [6, 6.07) is 20.2. The van der Waals surface area contributed by atoms with Gasteiger partial charge in [-0.3, -0.25) is 4.79 Å². The van der Waals surface area contributed by atoms with Crippen LogP contribution in [0.15, 0.2) is 73.1 Å². The molecule has 0 aliphatic carbocycles. The van der Waals surface area contributed by atoms with Crippen molar-refractivity contribution in [3.8, 4) is 5.69 Å². The van der Waals surface area contributed by atoms with Crippen molar-refractivity contribution in [3.63, 3.8) is 0 Å². The van der Waals surface area contributed by atoms with Gasteiger partial charge in [-0.25, -0.2) is 4.68 Å². The molecule has 24 heavy (non-hydrogen) atoms. The van der Waals surface area contributed by atoms with E-state index in [2.05, 4.69) is 22.5 Å². The molecule has 1 atom stereocenters. The van der Waals surface area contributed by atoms with Crippen LogP contribution in [0.3, 0.4) is 0 Å². The minimum atomic E-state index is -0.0854. The Morgan fingerprint density at radius 1 is 1.08 bits per heavy atom. The normalized spacial score (nSPS) is 11.9. The number of aromatic nitrogens is 2. The highest BCUT2D eigenvalue weighted by molar-refractivity contribution is 5.93. The molecule has 0 radical (unpaired) electrons. The van der Waals surface area contributed by atoms with Crippen molar-refractivity contribution >= 4 is 5.91 Å². The first-order valence-corrected chi connectivity index (χ1v) is 8.17. The molecule has 0 unspecified atom stereocenters. The van der Waals surface area contributed by atoms with E-state index in [9.17, 15) is 4.79 Å². The maximum absolute atomic E-state index is 12.3. The van der Waals surface area contributed by atoms with E-state index in [1.807, 2.05) is 55.5 Å². The van der Waals surface area contributed by atoms with Crippen molar-refractivity contribution in [2.45, 2.75) is 25.8 Å². The quantitative estimate of drug-likeness (QED) is 0.754. The molecule has 1 N–H and O–H groups in total. The molecule has 2 aromatic carbocycles. The first kappa shape index (κ1) is 16.0. The lowest BCUT2D eigenvalue weighted by Gasteiger charge is -2.13. The zero-order valence-electron chi connectivity index (χ0n) is 13.7. The van der Waals surface area contributed by atoms with Crippen LogP contribution in [0.5, 0.6) is 0 Å². The summed E-state index contributed by atoms with van der Waals surface area (Å²) in [7, 11) is 0. The number of para-hydroxylation sites is 1. The number of carbonyl (C=O) groups is 1. The molecule has 0 aliphatic rings. The molecule has 4 heteroatoms. The van der Waals surface area contributed by atoms with Gasteiger partial charge >= 0.3 is 0 Å². The van der Waals surface area contributed by atoms with Crippen LogP contribution in [0, 0.1) is 0 Å². The number of aryl methyl sites for hydroxylation is 1. The van der Waals surface area contributed by atoms with E-state index in [4.69, 9.17) is 0 Å². The van der Waals surface area contributed by atoms with E-state index in [-0.39, 0.29) is 11.9 Å². The highest BCUT2D eigenvalue weighted by atomic mass is 16.1. The number of hydrogen-bond acceptors (Lipinski definition) is 2. The van der Waals surface area contributed by atoms with Crippen LogP contribution in [0.4, 0.5) is 0 Å². The summed E-state index contributed by atoms with van der Waals surface area (Å²) < 4.78 is 1.71. The predicted octanol–water partition coefficient (Wildman–Crippen LogP) is 3.62. The lowest BCUT2D eigenvalue weighted by molar-refractivity contribution is 0.0938. The molecule has 1 amide bonds. The van der Waals surface area contributed by atoms with Crippen molar-refractivity contribution in [1.82, 2.24) is 15.1 Å². The second-order valence-electron chi connectivity index (χ2n) is 5.91. The lowest BCUT2D eigenvalue weighted by Crippen LogP contribution is -2.32. The van der Waals surface area contributed by atoms with Crippen LogP contribution in [-0.2, 0) is 6.42 Å². The van der Waals surface area contributed by atoms with Gasteiger partial charge in [0.25, 0.3) is 5.91 Å². The summed E-state index contributed by atoms with van der Waals surface area (Å²) in [5.74, 6) is -0.0854. The smallest absolute Gasteiger partial charge is 0.254 e. The average Bonchev–Trinajstić information content (AvgIpc) is 3.12. The van der Waals surface area contributed by atoms with Gasteiger partial charge in [0, 0.05) is 12.2 Å². The Balaban J connectivity index is 1.56. The summed E-state index contributed by atoms with van der Waals surface area (Å²) in [4.78, 5) is 12.3. The SMILES string of the molecule is C[C@H](CCc1ccccc1)NC(=O)c1cnn(-c2ccccc2)c1. The number of benzene rings is 2. The minimum Gasteiger partial charge on any atom is -0.349 e. The molecule has 122 valence electrons. The van der Waals surface area contributed by atoms with Crippen molar-refractivity contribution < 1.29 is 4.79 Å². The molecular weight excluding hydrogens is 298 g/mol. The van der Waals surface area contributed by atoms with Crippen LogP contribution in [0.2, 0.25) is 0 Å². The second-order valence-corrected chi connectivity index (χ2v) is 5.91. The molecule has 0 saturated carbocycles. The molecule has 0 saturated heterocycles. The molecule has 4 nitrogen and oxygen atoms in total. The number of rotatable bonds is 6. The van der Waals surface area contributed by atoms with Crippen LogP contribution in [0.1, 0.15) is 29.3 Å². The van der Waals surface area contributed by atoms with E-state index >= 15 is 0 Å². The summed E-state index contributed by atoms with van der Waals surface area (Å²) in [6.07, 6.45) is 5.22. The Bertz CT molecular complexity index is 781. The number of nitrogens with one attached hydrogen (secondary N) is 1. The Kier molecular flexibility index (Phi) is 5.06. The zero-order valence-corrected chi connectivity index (χ0v) is 13.7. The van der Waals surface area contributed by atoms with E-state index < -0.39 is 0 Å². The van der Waals surface area contributed by atoms with E-state index in [1.54, 1.807) is 17.1 Å². The summed E-state index contributed by atoms with van der Waals surface area (Å²) in [5.41, 5.74) is 2.80. The fourth-order valence-corrected chi connectivity index (χ4v) is 2.57. The summed E-state index contributed by atoms with van der Waals surface area (Å²) >= 11 is 0. The molecule has 1 heterocycles. The minimum absolute atomic E-state index is 0.0854. The number of carbonyl (C=O) groups excluding carboxylic acids is 1. The maximum atomic E-state index is 12.3. The number of hydrogen-bond donors (Lipinski definition) is 1. The Morgan fingerprint density at radius 2 is 1.75 bits per heavy atom. The van der Waals surface area contributed by atoms with Gasteiger partial charge in [-0.05, 0) is 37.5 Å². The first-order chi connectivity index (χ1) is 11.7. The summed E-state index contributed by atoms with van der Waals surface area (Å²) in [6.45, 7) is 2.03. The molecule has 0 aliphatic heterocycles. The van der Waals surface area contributed by atoms with Gasteiger partial charge in [0.05, 0.1) is 17.4 Å². The third kappa shape index (κ3) is 4.10. The van der Waals surface area contributed by atoms with Crippen LogP contribution in [0.25, 0.3) is 5.69 Å². The Hall–Kier alpha value is -2.88. The van der Waals surface area contributed by atoms with Crippen LogP contribution in [-0.4, -0.2) is 21.7 Å². The van der Waals surface area contributed by atoms with Gasteiger partial charge in [-0.2, -0.15) is 5.10 Å². The van der Waals surface area contributed by atoms with Gasteiger partial charge in [0.2, 0.25) is 0 Å². The summed E-state index contributed by atoms with van der Waals surface area (Å²) in [5, 5.41) is 7.30. The largest absolute Gasteiger partial charge is 0.349 e. The molecule has 3 rings (SSSR count). The topological polar surface area (TPSA) is 46.9 Å². The highest BCUT2D eigenvalue weighted by Gasteiger charge is 2.12. The molecule has 0 bridgehead atoms. The Labute approximate surface area is 142 Å². The van der Waals surface area contributed by atoms with Crippen molar-refractivity contribution in [2.24, 2.45) is 0 Å². The van der Waals surface area contributed by atoms with Gasteiger partial charge in [-0.15, -0.1) is 0 Å². The average molecular weight is 319 g/mol. The fraction of sp³-hybridized carbons (Fsp3) is 0.200. The first-order valence-electron chi connectivity index (χ1n) is 8.17. The lowest BCUT2D eigenvalue weighted by atomic mass is 10.1. The molecular formula is C20H21N3O. The molecule has 3 aromatic rings. The second kappa shape index (κ2) is 7.59. The number of amides is 1. The van der Waals surface area contributed by atoms with Crippen LogP contribution >= 0.6 is 0 Å². The van der Waals surface area contributed by atoms with Crippen molar-refractivity contribution in [3.05, 3.63) is 84.2 Å². The van der Waals surface area contributed by atoms with E-state index in [0.29, 0.717) is 5.56 Å². The van der Waals surface area contributed by atoms with Gasteiger partial charge in [0.1, 0.15) is 0 Å². The molecule has 0 fully saturated rings. The molecule has 0 spiro atoms. The maximum Gasteiger partial charge on any atom is 0.254 e. The number of nitrogens with zero attached hydrogens (tertiary/aromatic N) is 2. The van der Waals surface area contributed by atoms with Gasteiger partial charge in [-0.1, -0.05) is 48.5 Å². The Morgan fingerprint density at radius 3 is 2.46 bits per heavy atom. The predicted molar refractivity (Wildman–Crippen MR) is 95.3 cm³/mol. The van der Waals surface area contributed by atoms with E-state index in [0.717, 1.165) is 18.5 Å². The third-order valence-corrected chi connectivity index (χ3v) is 3.95. The standard InChI is InChI=1S/C20H21N3O/c1-16(12-13-17-8-4-2-5-9-17)22-20(24)18-14-21-23(15-18)19-10-6-3-7-11-19/h2-11,14-16H,12-13H2,1H3,(H,22,24)/t16-/m1/s1.